The van der Waals surface area contributed by atoms with Crippen LogP contribution in [0.3, 0.4) is 0 Å². The molecule has 2 atom stereocenters. The van der Waals surface area contributed by atoms with Gasteiger partial charge < -0.3 is 4.74 Å². The van der Waals surface area contributed by atoms with Crippen molar-refractivity contribution in [1.29, 1.82) is 0 Å². The van der Waals surface area contributed by atoms with Crippen LogP contribution in [-0.2, 0) is 0 Å². The second-order valence-corrected chi connectivity index (χ2v) is 8.55. The molecule has 0 N–H and O–H groups in total. The molecule has 3 aromatic rings. The molecule has 130 valence electrons. The normalized spacial score (nSPS) is 21.0. The summed E-state index contributed by atoms with van der Waals surface area (Å²) in [6.07, 6.45) is 0.696. The lowest BCUT2D eigenvalue weighted by Gasteiger charge is -2.38. The highest BCUT2D eigenvalue weighted by Crippen LogP contribution is 2.48. The maximum atomic E-state index is 6.41. The molecule has 3 nitrogen and oxygen atoms in total. The number of halogens is 1. The third kappa shape index (κ3) is 2.66. The lowest BCUT2D eigenvalue weighted by atomic mass is 9.97. The van der Waals surface area contributed by atoms with Crippen molar-refractivity contribution in [2.24, 2.45) is 5.10 Å². The van der Waals surface area contributed by atoms with Gasteiger partial charge in [0.15, 0.2) is 0 Å². The lowest BCUT2D eigenvalue weighted by Crippen LogP contribution is -2.33. The molecule has 0 saturated heterocycles. The van der Waals surface area contributed by atoms with E-state index in [1.165, 1.54) is 16.0 Å². The molecule has 0 radical (unpaired) electrons. The van der Waals surface area contributed by atoms with E-state index in [2.05, 4.69) is 81.8 Å². The Kier molecular flexibility index (Phi) is 3.87. The van der Waals surface area contributed by atoms with Gasteiger partial charge in [-0.2, -0.15) is 5.10 Å². The minimum atomic E-state index is -0.203. The van der Waals surface area contributed by atoms with E-state index in [-0.39, 0.29) is 12.3 Å². The van der Waals surface area contributed by atoms with Crippen LogP contribution in [0.1, 0.15) is 40.3 Å². The summed E-state index contributed by atoms with van der Waals surface area (Å²) in [4.78, 5) is 1.24. The zero-order valence-electron chi connectivity index (χ0n) is 14.2. The fourth-order valence-corrected chi connectivity index (χ4v) is 4.79. The van der Waals surface area contributed by atoms with Crippen molar-refractivity contribution in [1.82, 2.24) is 5.01 Å². The van der Waals surface area contributed by atoms with Gasteiger partial charge in [-0.3, -0.25) is 0 Å². The number of nitrogens with zero attached hydrogens (tertiary/aromatic N) is 2. The Balaban J connectivity index is 1.63. The summed E-state index contributed by atoms with van der Waals surface area (Å²) in [6, 6.07) is 19.2. The van der Waals surface area contributed by atoms with Gasteiger partial charge in [-0.05, 0) is 36.6 Å². The molecule has 0 aliphatic carbocycles. The number of hydrogen-bond donors (Lipinski definition) is 0. The van der Waals surface area contributed by atoms with Gasteiger partial charge in [-0.25, -0.2) is 5.01 Å². The van der Waals surface area contributed by atoms with Gasteiger partial charge in [0.25, 0.3) is 0 Å². The summed E-state index contributed by atoms with van der Waals surface area (Å²) >= 11 is 5.34. The Morgan fingerprint density at radius 2 is 2.08 bits per heavy atom. The lowest BCUT2D eigenvalue weighted by molar-refractivity contribution is -0.0191. The highest BCUT2D eigenvalue weighted by atomic mass is 79.9. The minimum Gasteiger partial charge on any atom is -0.464 e. The molecule has 0 spiro atoms. The fourth-order valence-electron chi connectivity index (χ4n) is 3.69. The molecule has 0 unspecified atom stereocenters. The Morgan fingerprint density at radius 1 is 1.15 bits per heavy atom. The molecule has 2 aliphatic rings. The topological polar surface area (TPSA) is 24.8 Å². The van der Waals surface area contributed by atoms with E-state index >= 15 is 0 Å². The van der Waals surface area contributed by atoms with Crippen molar-refractivity contribution < 1.29 is 4.74 Å². The van der Waals surface area contributed by atoms with Crippen molar-refractivity contribution in [2.45, 2.75) is 25.6 Å². The van der Waals surface area contributed by atoms with Crippen LogP contribution in [0.4, 0.5) is 0 Å². The van der Waals surface area contributed by atoms with Gasteiger partial charge in [0.2, 0.25) is 6.23 Å². The standard InChI is InChI=1S/C21H17BrN2OS/c1-13-4-2-5-14(10-13)21-24-18(12-17(23-24)20-6-3-9-26-20)16-11-15(22)7-8-19(16)25-21/h2-11,18,21H,12H2,1H3/t18-,21+/m0/s1. The summed E-state index contributed by atoms with van der Waals surface area (Å²) in [5.41, 5.74) is 4.70. The molecule has 5 rings (SSSR count). The molecule has 3 heterocycles. The predicted molar refractivity (Wildman–Crippen MR) is 109 cm³/mol. The van der Waals surface area contributed by atoms with E-state index in [9.17, 15) is 0 Å². The van der Waals surface area contributed by atoms with Crippen LogP contribution < -0.4 is 4.74 Å². The van der Waals surface area contributed by atoms with E-state index in [1.54, 1.807) is 11.3 Å². The molecule has 2 aromatic carbocycles. The summed E-state index contributed by atoms with van der Waals surface area (Å²) in [5.74, 6) is 0.948. The van der Waals surface area contributed by atoms with Gasteiger partial charge in [-0.15, -0.1) is 11.3 Å². The van der Waals surface area contributed by atoms with Crippen LogP contribution in [0.15, 0.2) is 69.6 Å². The van der Waals surface area contributed by atoms with Crippen LogP contribution in [-0.4, -0.2) is 10.7 Å². The van der Waals surface area contributed by atoms with E-state index in [0.717, 1.165) is 27.9 Å². The second-order valence-electron chi connectivity index (χ2n) is 6.69. The van der Waals surface area contributed by atoms with Gasteiger partial charge in [-0.1, -0.05) is 51.8 Å². The molecule has 5 heteroatoms. The molecule has 0 saturated carbocycles. The molecule has 1 aromatic heterocycles. The monoisotopic (exact) mass is 424 g/mol. The highest BCUT2D eigenvalue weighted by molar-refractivity contribution is 9.10. The predicted octanol–water partition coefficient (Wildman–Crippen LogP) is 6.06. The third-order valence-electron chi connectivity index (χ3n) is 4.88. The summed E-state index contributed by atoms with van der Waals surface area (Å²) in [5, 5.41) is 9.23. The third-order valence-corrected chi connectivity index (χ3v) is 6.30. The number of ether oxygens (including phenoxy) is 1. The number of fused-ring (bicyclic) bond motifs is 3. The smallest absolute Gasteiger partial charge is 0.213 e. The van der Waals surface area contributed by atoms with Crippen molar-refractivity contribution >= 4 is 33.0 Å². The zero-order chi connectivity index (χ0) is 17.7. The van der Waals surface area contributed by atoms with Crippen LogP contribution >= 0.6 is 27.3 Å². The molecular formula is C21H17BrN2OS. The van der Waals surface area contributed by atoms with E-state index in [4.69, 9.17) is 9.84 Å². The molecule has 2 aliphatic heterocycles. The first kappa shape index (κ1) is 16.1. The van der Waals surface area contributed by atoms with E-state index in [1.807, 2.05) is 6.07 Å². The molecule has 0 fully saturated rings. The van der Waals surface area contributed by atoms with Crippen LogP contribution in [0, 0.1) is 6.92 Å². The number of benzene rings is 2. The Bertz CT molecular complexity index is 999. The summed E-state index contributed by atoms with van der Waals surface area (Å²) in [6.45, 7) is 2.11. The molecule has 0 amide bonds. The summed E-state index contributed by atoms with van der Waals surface area (Å²) in [7, 11) is 0. The first-order chi connectivity index (χ1) is 12.7. The number of hydrazone groups is 1. The van der Waals surface area contributed by atoms with Crippen molar-refractivity contribution in [2.75, 3.05) is 0 Å². The molecule has 26 heavy (non-hydrogen) atoms. The van der Waals surface area contributed by atoms with Crippen LogP contribution in [0.5, 0.6) is 5.75 Å². The zero-order valence-corrected chi connectivity index (χ0v) is 16.6. The average Bonchev–Trinajstić information content (AvgIpc) is 3.31. The number of aryl methyl sites for hydroxylation is 1. The van der Waals surface area contributed by atoms with Crippen LogP contribution in [0.25, 0.3) is 0 Å². The van der Waals surface area contributed by atoms with Gasteiger partial charge >= 0.3 is 0 Å². The average molecular weight is 425 g/mol. The largest absolute Gasteiger partial charge is 0.464 e. The SMILES string of the molecule is Cc1cccc([C@H]2Oc3ccc(Br)cc3[C@@H]3CC(c4cccs4)=NN23)c1. The molecular weight excluding hydrogens is 408 g/mol. The van der Waals surface area contributed by atoms with Crippen molar-refractivity contribution in [3.63, 3.8) is 0 Å². The van der Waals surface area contributed by atoms with E-state index in [0.29, 0.717) is 0 Å². The number of rotatable bonds is 2. The maximum Gasteiger partial charge on any atom is 0.213 e. The number of thiophene rings is 1. The summed E-state index contributed by atoms with van der Waals surface area (Å²) < 4.78 is 7.48. The van der Waals surface area contributed by atoms with Crippen molar-refractivity contribution in [3.8, 4) is 5.75 Å². The fraction of sp³-hybridized carbons (Fsp3) is 0.190. The minimum absolute atomic E-state index is 0.193. The van der Waals surface area contributed by atoms with Gasteiger partial charge in [0, 0.05) is 22.0 Å². The Morgan fingerprint density at radius 3 is 2.88 bits per heavy atom. The highest BCUT2D eigenvalue weighted by Gasteiger charge is 2.41. The first-order valence-electron chi connectivity index (χ1n) is 8.61. The Labute approximate surface area is 165 Å². The second kappa shape index (κ2) is 6.25. The van der Waals surface area contributed by atoms with E-state index < -0.39 is 0 Å². The first-order valence-corrected chi connectivity index (χ1v) is 10.3. The molecule has 0 bridgehead atoms. The van der Waals surface area contributed by atoms with Gasteiger partial charge in [0.05, 0.1) is 16.6 Å². The number of hydrogen-bond acceptors (Lipinski definition) is 4. The maximum absolute atomic E-state index is 6.41. The quantitative estimate of drug-likeness (QED) is 0.499. The Hall–Kier alpha value is -2.11. The van der Waals surface area contributed by atoms with Gasteiger partial charge in [0.1, 0.15) is 5.75 Å². The van der Waals surface area contributed by atoms with Crippen LogP contribution in [0.2, 0.25) is 0 Å². The van der Waals surface area contributed by atoms with Crippen molar-refractivity contribution in [3.05, 3.63) is 86.0 Å².